The van der Waals surface area contributed by atoms with Crippen molar-refractivity contribution >= 4 is 39.5 Å². The van der Waals surface area contributed by atoms with Crippen LogP contribution in [0.25, 0.3) is 0 Å². The van der Waals surface area contributed by atoms with Crippen molar-refractivity contribution in [3.8, 4) is 0 Å². The minimum atomic E-state index is -4.95. The van der Waals surface area contributed by atoms with Gasteiger partial charge in [0.1, 0.15) is 19.3 Å². The third-order valence-corrected chi connectivity index (χ3v) is 18.3. The average Bonchev–Trinajstić information content (AvgIpc) is 3.56. The molecule has 0 radical (unpaired) electrons. The van der Waals surface area contributed by atoms with E-state index in [1.807, 2.05) is 0 Å². The molecule has 534 valence electrons. The molecule has 0 saturated carbocycles. The Morgan fingerprint density at radius 3 is 0.756 bits per heavy atom. The number of ether oxygens (including phenoxy) is 4. The summed E-state index contributed by atoms with van der Waals surface area (Å²) in [7, 11) is -9.90. The predicted molar refractivity (Wildman–Crippen MR) is 363 cm³/mol. The Kier molecular flexibility index (Phi) is 60.6. The second-order valence-electron chi connectivity index (χ2n) is 27.1. The second kappa shape index (κ2) is 61.9. The topological polar surface area (TPSA) is 237 Å². The Balaban J connectivity index is 5.26. The molecular formula is C71H138O17P2. The van der Waals surface area contributed by atoms with Crippen molar-refractivity contribution in [2.24, 2.45) is 17.8 Å². The van der Waals surface area contributed by atoms with Crippen LogP contribution in [0.3, 0.4) is 0 Å². The van der Waals surface area contributed by atoms with Crippen LogP contribution in [0.1, 0.15) is 357 Å². The lowest BCUT2D eigenvalue weighted by Crippen LogP contribution is -2.30. The fourth-order valence-electron chi connectivity index (χ4n) is 10.7. The van der Waals surface area contributed by atoms with Crippen LogP contribution in [-0.4, -0.2) is 96.7 Å². The van der Waals surface area contributed by atoms with Gasteiger partial charge in [-0.3, -0.25) is 37.3 Å². The smallest absolute Gasteiger partial charge is 0.462 e. The van der Waals surface area contributed by atoms with E-state index in [2.05, 4.69) is 48.5 Å². The van der Waals surface area contributed by atoms with E-state index in [4.69, 9.17) is 37.0 Å². The minimum absolute atomic E-state index is 0.104. The molecule has 0 rings (SSSR count). The molecule has 0 aliphatic heterocycles. The third-order valence-electron chi connectivity index (χ3n) is 16.4. The fraction of sp³-hybridized carbons (Fsp3) is 0.944. The van der Waals surface area contributed by atoms with E-state index in [9.17, 15) is 43.2 Å². The maximum atomic E-state index is 13.0. The van der Waals surface area contributed by atoms with E-state index in [0.717, 1.165) is 108 Å². The number of phosphoric ester groups is 2. The summed E-state index contributed by atoms with van der Waals surface area (Å²) in [6.07, 6.45) is 45.8. The predicted octanol–water partition coefficient (Wildman–Crippen LogP) is 20.2. The molecule has 0 amide bonds. The number of carbonyl (C=O) groups is 4. The highest BCUT2D eigenvalue weighted by Gasteiger charge is 2.30. The molecule has 0 heterocycles. The van der Waals surface area contributed by atoms with Crippen molar-refractivity contribution in [3.05, 3.63) is 0 Å². The maximum absolute atomic E-state index is 13.0. The van der Waals surface area contributed by atoms with Crippen LogP contribution in [0.4, 0.5) is 0 Å². The first-order chi connectivity index (χ1) is 43.2. The van der Waals surface area contributed by atoms with Crippen LogP contribution >= 0.6 is 15.6 Å². The molecular weight excluding hydrogens is 1190 g/mol. The molecule has 2 unspecified atom stereocenters. The standard InChI is InChI=1S/C71H138O17P2/c1-8-9-10-11-12-13-14-15-19-24-31-38-45-52-68(73)81-58-66(87-70(75)54-47-40-32-25-20-17-16-18-22-28-35-42-49-62(2)3)60-85-89(77,78)83-56-65(72)57-84-90(79,80)86-61-67(59-82-69(74)53-46-39-34-27-30-37-44-51-64(6)7)88-71(76)55-48-41-33-26-21-23-29-36-43-50-63(4)5/h62-67,72H,8-61H2,1-7H3,(H,77,78)(H,79,80)/t65-,66-,67-/m1/s1. The van der Waals surface area contributed by atoms with Crippen LogP contribution in [0.5, 0.6) is 0 Å². The van der Waals surface area contributed by atoms with Crippen molar-refractivity contribution in [3.63, 3.8) is 0 Å². The average molecular weight is 1330 g/mol. The van der Waals surface area contributed by atoms with Gasteiger partial charge in [-0.05, 0) is 43.4 Å². The second-order valence-corrected chi connectivity index (χ2v) is 30.0. The summed E-state index contributed by atoms with van der Waals surface area (Å²) in [4.78, 5) is 72.6. The molecule has 0 aliphatic carbocycles. The number of hydrogen-bond donors (Lipinski definition) is 3. The van der Waals surface area contributed by atoms with E-state index in [0.29, 0.717) is 31.6 Å². The number of hydrogen-bond acceptors (Lipinski definition) is 15. The zero-order valence-electron chi connectivity index (χ0n) is 58.6. The van der Waals surface area contributed by atoms with E-state index >= 15 is 0 Å². The fourth-order valence-corrected chi connectivity index (χ4v) is 12.3. The van der Waals surface area contributed by atoms with Gasteiger partial charge in [0.05, 0.1) is 26.4 Å². The summed E-state index contributed by atoms with van der Waals surface area (Å²) >= 11 is 0. The number of rotatable bonds is 69. The lowest BCUT2D eigenvalue weighted by molar-refractivity contribution is -0.161. The minimum Gasteiger partial charge on any atom is -0.462 e. The summed E-state index contributed by atoms with van der Waals surface area (Å²) in [5, 5.41) is 10.6. The van der Waals surface area contributed by atoms with Crippen molar-refractivity contribution in [1.29, 1.82) is 0 Å². The molecule has 0 bridgehead atoms. The third kappa shape index (κ3) is 64.8. The highest BCUT2D eigenvalue weighted by molar-refractivity contribution is 7.47. The Morgan fingerprint density at radius 1 is 0.300 bits per heavy atom. The molecule has 17 nitrogen and oxygen atoms in total. The summed E-state index contributed by atoms with van der Waals surface area (Å²) < 4.78 is 68.3. The zero-order valence-corrected chi connectivity index (χ0v) is 60.4. The highest BCUT2D eigenvalue weighted by Crippen LogP contribution is 2.45. The summed E-state index contributed by atoms with van der Waals surface area (Å²) in [6, 6.07) is 0. The Hall–Kier alpha value is -1.94. The number of aliphatic hydroxyl groups is 1. The van der Waals surface area contributed by atoms with Gasteiger partial charge in [-0.25, -0.2) is 9.13 Å². The highest BCUT2D eigenvalue weighted by atomic mass is 31.2. The molecule has 0 aromatic rings. The van der Waals surface area contributed by atoms with Crippen LogP contribution < -0.4 is 0 Å². The molecule has 0 aliphatic rings. The van der Waals surface area contributed by atoms with Gasteiger partial charge in [0, 0.05) is 25.7 Å². The van der Waals surface area contributed by atoms with Gasteiger partial charge in [0.15, 0.2) is 12.2 Å². The number of carbonyl (C=O) groups excluding carboxylic acids is 4. The molecule has 0 aromatic carbocycles. The maximum Gasteiger partial charge on any atom is 0.472 e. The first kappa shape index (κ1) is 88.1. The molecule has 0 saturated heterocycles. The summed E-state index contributed by atoms with van der Waals surface area (Å²) in [6.45, 7) is 11.8. The van der Waals surface area contributed by atoms with Crippen molar-refractivity contribution < 1.29 is 80.2 Å². The summed E-state index contributed by atoms with van der Waals surface area (Å²) in [5.74, 6) is 0.0932. The summed E-state index contributed by atoms with van der Waals surface area (Å²) in [5.41, 5.74) is 0. The number of phosphoric acid groups is 2. The van der Waals surface area contributed by atoms with E-state index in [-0.39, 0.29) is 25.7 Å². The van der Waals surface area contributed by atoms with Gasteiger partial charge in [-0.1, -0.05) is 305 Å². The molecule has 3 N–H and O–H groups in total. The quantitative estimate of drug-likeness (QED) is 0.0222. The molecule has 90 heavy (non-hydrogen) atoms. The monoisotopic (exact) mass is 1320 g/mol. The van der Waals surface area contributed by atoms with Crippen LogP contribution in [0.15, 0.2) is 0 Å². The van der Waals surface area contributed by atoms with Gasteiger partial charge < -0.3 is 33.8 Å². The van der Waals surface area contributed by atoms with E-state index < -0.39 is 97.5 Å². The first-order valence-corrected chi connectivity index (χ1v) is 39.8. The largest absolute Gasteiger partial charge is 0.472 e. The number of esters is 4. The first-order valence-electron chi connectivity index (χ1n) is 36.8. The Bertz CT molecular complexity index is 1770. The van der Waals surface area contributed by atoms with Gasteiger partial charge in [0.25, 0.3) is 0 Å². The van der Waals surface area contributed by atoms with E-state index in [1.54, 1.807) is 0 Å². The molecule has 0 aromatic heterocycles. The molecule has 0 spiro atoms. The van der Waals surface area contributed by atoms with Gasteiger partial charge >= 0.3 is 39.5 Å². The number of aliphatic hydroxyl groups excluding tert-OH is 1. The van der Waals surface area contributed by atoms with E-state index in [1.165, 1.54) is 161 Å². The Morgan fingerprint density at radius 2 is 0.511 bits per heavy atom. The van der Waals surface area contributed by atoms with Crippen molar-refractivity contribution in [1.82, 2.24) is 0 Å². The lowest BCUT2D eigenvalue weighted by Gasteiger charge is -2.21. The molecule has 5 atom stereocenters. The zero-order chi connectivity index (χ0) is 66.6. The van der Waals surface area contributed by atoms with Gasteiger partial charge in [0.2, 0.25) is 0 Å². The lowest BCUT2D eigenvalue weighted by atomic mass is 10.0. The van der Waals surface area contributed by atoms with Gasteiger partial charge in [-0.15, -0.1) is 0 Å². The SMILES string of the molecule is CCCCCCCCCCCCCCCC(=O)OC[C@H](COP(=O)(O)OC[C@@H](O)COP(=O)(O)OC[C@@H](COC(=O)CCCCCCCCCC(C)C)OC(=O)CCCCCCCCCCCC(C)C)OC(=O)CCCCCCCCCCCCCCC(C)C. The molecule has 0 fully saturated rings. The van der Waals surface area contributed by atoms with Crippen molar-refractivity contribution in [2.75, 3.05) is 39.6 Å². The normalized spacial score (nSPS) is 14.2. The van der Waals surface area contributed by atoms with Crippen LogP contribution in [0.2, 0.25) is 0 Å². The Labute approximate surface area is 549 Å². The van der Waals surface area contributed by atoms with Gasteiger partial charge in [-0.2, -0.15) is 0 Å². The molecule has 19 heteroatoms. The number of unbranched alkanes of at least 4 members (excludes halogenated alkanes) is 37. The van der Waals surface area contributed by atoms with Crippen LogP contribution in [0, 0.1) is 17.8 Å². The van der Waals surface area contributed by atoms with Crippen LogP contribution in [-0.2, 0) is 65.4 Å². The van der Waals surface area contributed by atoms with Crippen molar-refractivity contribution in [2.45, 2.75) is 375 Å².